The van der Waals surface area contributed by atoms with E-state index in [-0.39, 0.29) is 21.5 Å². The molecule has 1 nitrogen and oxygen atoms in total. The van der Waals surface area contributed by atoms with E-state index in [1.165, 1.54) is 6.07 Å². The fourth-order valence-corrected chi connectivity index (χ4v) is 3.80. The molecule has 6 heteroatoms. The summed E-state index contributed by atoms with van der Waals surface area (Å²) >= 11 is 6.43. The minimum Gasteiger partial charge on any atom is -0.364 e. The summed E-state index contributed by atoms with van der Waals surface area (Å²) in [5.41, 5.74) is 0.913. The second-order valence-corrected chi connectivity index (χ2v) is 6.29. The molecule has 2 bridgehead atoms. The second-order valence-electron chi connectivity index (χ2n) is 4.26. The SMILES string of the molecule is FC(F)(F)c1cc2c(cc1Br)C1CC(Br)C2O1. The highest BCUT2D eigenvalue weighted by Crippen LogP contribution is 2.55. The van der Waals surface area contributed by atoms with Crippen molar-refractivity contribution in [1.82, 2.24) is 0 Å². The fraction of sp³-hybridized carbons (Fsp3) is 0.455. The lowest BCUT2D eigenvalue weighted by molar-refractivity contribution is -0.138. The molecule has 1 aromatic carbocycles. The van der Waals surface area contributed by atoms with E-state index in [4.69, 9.17) is 4.74 Å². The van der Waals surface area contributed by atoms with Crippen molar-refractivity contribution in [3.63, 3.8) is 0 Å². The Morgan fingerprint density at radius 2 is 1.94 bits per heavy atom. The third-order valence-corrected chi connectivity index (χ3v) is 4.72. The molecule has 0 radical (unpaired) electrons. The van der Waals surface area contributed by atoms with Crippen LogP contribution in [0.2, 0.25) is 0 Å². The number of hydrogen-bond acceptors (Lipinski definition) is 1. The number of ether oxygens (including phenoxy) is 1. The maximum atomic E-state index is 12.8. The summed E-state index contributed by atoms with van der Waals surface area (Å²) < 4.78 is 44.1. The maximum Gasteiger partial charge on any atom is 0.417 e. The molecule has 2 aliphatic heterocycles. The summed E-state index contributed by atoms with van der Waals surface area (Å²) in [6.45, 7) is 0. The van der Waals surface area contributed by atoms with E-state index in [1.807, 2.05) is 0 Å². The van der Waals surface area contributed by atoms with Crippen LogP contribution < -0.4 is 0 Å². The summed E-state index contributed by atoms with van der Waals surface area (Å²) in [6.07, 6.45) is -3.84. The van der Waals surface area contributed by atoms with Crippen LogP contribution in [0.4, 0.5) is 13.2 Å². The van der Waals surface area contributed by atoms with Crippen molar-refractivity contribution in [2.75, 3.05) is 0 Å². The number of alkyl halides is 4. The smallest absolute Gasteiger partial charge is 0.364 e. The molecule has 3 unspecified atom stereocenters. The first-order valence-electron chi connectivity index (χ1n) is 5.08. The van der Waals surface area contributed by atoms with Crippen LogP contribution in [0.25, 0.3) is 0 Å². The predicted octanol–water partition coefficient (Wildman–Crippen LogP) is 4.75. The molecule has 3 rings (SSSR count). The Hall–Kier alpha value is -0.0700. The number of rotatable bonds is 0. The maximum absolute atomic E-state index is 12.8. The molecule has 17 heavy (non-hydrogen) atoms. The Kier molecular flexibility index (Phi) is 2.62. The van der Waals surface area contributed by atoms with Gasteiger partial charge < -0.3 is 4.74 Å². The summed E-state index contributed by atoms with van der Waals surface area (Å²) in [7, 11) is 0. The fourth-order valence-electron chi connectivity index (χ4n) is 2.46. The number of halogens is 5. The van der Waals surface area contributed by atoms with Crippen LogP contribution in [-0.2, 0) is 10.9 Å². The normalized spacial score (nSPS) is 30.8. The molecular formula is C11H7Br2F3O. The first-order chi connectivity index (χ1) is 7.88. The quantitative estimate of drug-likeness (QED) is 0.598. The van der Waals surface area contributed by atoms with Crippen molar-refractivity contribution in [3.8, 4) is 0 Å². The van der Waals surface area contributed by atoms with Crippen molar-refractivity contribution in [1.29, 1.82) is 0 Å². The highest BCUT2D eigenvalue weighted by molar-refractivity contribution is 9.10. The molecular weight excluding hydrogens is 365 g/mol. The van der Waals surface area contributed by atoms with Gasteiger partial charge in [-0.3, -0.25) is 0 Å². The molecule has 0 N–H and O–H groups in total. The van der Waals surface area contributed by atoms with Gasteiger partial charge in [-0.1, -0.05) is 31.9 Å². The van der Waals surface area contributed by atoms with Gasteiger partial charge in [0.1, 0.15) is 0 Å². The second kappa shape index (κ2) is 3.71. The predicted molar refractivity (Wildman–Crippen MR) is 63.0 cm³/mol. The van der Waals surface area contributed by atoms with Crippen LogP contribution >= 0.6 is 31.9 Å². The zero-order chi connectivity index (χ0) is 12.4. The third kappa shape index (κ3) is 1.76. The third-order valence-electron chi connectivity index (χ3n) is 3.21. The average molecular weight is 372 g/mol. The summed E-state index contributed by atoms with van der Waals surface area (Å²) in [6, 6.07) is 2.75. The largest absolute Gasteiger partial charge is 0.417 e. The van der Waals surface area contributed by atoms with E-state index in [2.05, 4.69) is 31.9 Å². The van der Waals surface area contributed by atoms with Crippen molar-refractivity contribution >= 4 is 31.9 Å². The monoisotopic (exact) mass is 370 g/mol. The lowest BCUT2D eigenvalue weighted by atomic mass is 9.90. The Labute approximate surface area is 113 Å². The number of fused-ring (bicyclic) bond motifs is 5. The highest BCUT2D eigenvalue weighted by Gasteiger charge is 2.46. The first-order valence-corrected chi connectivity index (χ1v) is 6.79. The van der Waals surface area contributed by atoms with Gasteiger partial charge in [0.25, 0.3) is 0 Å². The molecule has 0 aromatic heterocycles. The molecule has 2 heterocycles. The Morgan fingerprint density at radius 3 is 2.59 bits per heavy atom. The van der Waals surface area contributed by atoms with E-state index < -0.39 is 11.7 Å². The van der Waals surface area contributed by atoms with Gasteiger partial charge in [0.2, 0.25) is 0 Å². The molecule has 0 aliphatic carbocycles. The van der Waals surface area contributed by atoms with E-state index in [9.17, 15) is 13.2 Å². The Balaban J connectivity index is 2.14. The molecule has 0 amide bonds. The first kappa shape index (κ1) is 12.0. The van der Waals surface area contributed by atoms with Crippen molar-refractivity contribution in [3.05, 3.63) is 33.3 Å². The Morgan fingerprint density at radius 1 is 1.24 bits per heavy atom. The Bertz CT molecular complexity index is 486. The van der Waals surface area contributed by atoms with Crippen LogP contribution in [0, 0.1) is 0 Å². The summed E-state index contributed by atoms with van der Waals surface area (Å²) in [4.78, 5) is 0.113. The molecule has 0 spiro atoms. The molecule has 1 aromatic rings. The summed E-state index contributed by atoms with van der Waals surface area (Å²) in [5, 5.41) is 0. The highest BCUT2D eigenvalue weighted by atomic mass is 79.9. The average Bonchev–Trinajstić information content (AvgIpc) is 2.72. The van der Waals surface area contributed by atoms with Crippen LogP contribution in [0.15, 0.2) is 16.6 Å². The van der Waals surface area contributed by atoms with Crippen LogP contribution in [0.3, 0.4) is 0 Å². The van der Waals surface area contributed by atoms with E-state index in [1.54, 1.807) is 6.07 Å². The van der Waals surface area contributed by atoms with Gasteiger partial charge in [-0.15, -0.1) is 0 Å². The molecule has 1 saturated heterocycles. The van der Waals surface area contributed by atoms with Crippen LogP contribution in [0.1, 0.15) is 35.3 Å². The van der Waals surface area contributed by atoms with E-state index in [0.29, 0.717) is 5.56 Å². The molecule has 1 fully saturated rings. The van der Waals surface area contributed by atoms with Gasteiger partial charge in [0, 0.05) is 9.30 Å². The minimum absolute atomic E-state index is 0.0713. The van der Waals surface area contributed by atoms with Gasteiger partial charge in [-0.25, -0.2) is 0 Å². The zero-order valence-electron chi connectivity index (χ0n) is 8.39. The molecule has 3 atom stereocenters. The topological polar surface area (TPSA) is 9.23 Å². The van der Waals surface area contributed by atoms with Gasteiger partial charge in [-0.2, -0.15) is 13.2 Å². The van der Waals surface area contributed by atoms with Crippen molar-refractivity contribution in [2.45, 2.75) is 29.6 Å². The van der Waals surface area contributed by atoms with Gasteiger partial charge in [0.05, 0.1) is 17.8 Å². The minimum atomic E-state index is -4.34. The van der Waals surface area contributed by atoms with Crippen molar-refractivity contribution < 1.29 is 17.9 Å². The van der Waals surface area contributed by atoms with E-state index in [0.717, 1.165) is 12.0 Å². The van der Waals surface area contributed by atoms with Crippen molar-refractivity contribution in [2.24, 2.45) is 0 Å². The van der Waals surface area contributed by atoms with E-state index >= 15 is 0 Å². The van der Waals surface area contributed by atoms with Gasteiger partial charge in [0.15, 0.2) is 0 Å². The van der Waals surface area contributed by atoms with Gasteiger partial charge >= 0.3 is 6.18 Å². The number of hydrogen-bond donors (Lipinski definition) is 0. The lowest BCUT2D eigenvalue weighted by Crippen LogP contribution is -2.13. The van der Waals surface area contributed by atoms with Crippen LogP contribution in [-0.4, -0.2) is 4.83 Å². The molecule has 2 aliphatic rings. The zero-order valence-corrected chi connectivity index (χ0v) is 11.6. The molecule has 92 valence electrons. The summed E-state index contributed by atoms with van der Waals surface area (Å²) in [5.74, 6) is 0. The molecule has 0 saturated carbocycles. The van der Waals surface area contributed by atoms with Gasteiger partial charge in [-0.05, 0) is 29.7 Å². The number of benzene rings is 1. The lowest BCUT2D eigenvalue weighted by Gasteiger charge is -2.19. The standard InChI is InChI=1S/C11H7Br2F3O/c12-7-2-4-5(1-6(7)11(14,15)16)10-8(13)3-9(4)17-10/h1-2,8-10H,3H2. The van der Waals surface area contributed by atoms with Crippen LogP contribution in [0.5, 0.6) is 0 Å².